The molecule has 0 N–H and O–H groups in total. The third-order valence-electron chi connectivity index (χ3n) is 6.73. The number of rotatable bonds is 17. The van der Waals surface area contributed by atoms with Crippen molar-refractivity contribution in [3.05, 3.63) is 89.5 Å². The Hall–Kier alpha value is -3.11. The first kappa shape index (κ1) is 35.1. The highest BCUT2D eigenvalue weighted by molar-refractivity contribution is 5.92. The molecule has 0 heterocycles. The second-order valence-electron chi connectivity index (χ2n) is 11.0. The molecule has 0 aliphatic carbocycles. The lowest BCUT2D eigenvalue weighted by Crippen LogP contribution is -3.00. The number of hydrogen-bond donors (Lipinski definition) is 0. The quantitative estimate of drug-likeness (QED) is 0.0932. The van der Waals surface area contributed by atoms with Crippen molar-refractivity contribution in [2.24, 2.45) is 0 Å². The molecule has 0 radical (unpaired) electrons. The second-order valence-corrected chi connectivity index (χ2v) is 11.0. The van der Waals surface area contributed by atoms with Crippen LogP contribution in [0.4, 0.5) is 5.69 Å². The maximum absolute atomic E-state index is 12.2. The summed E-state index contributed by atoms with van der Waals surface area (Å²) in [6.45, 7) is 1.39. The number of esters is 2. The predicted molar refractivity (Wildman–Crippen MR) is 162 cm³/mol. The van der Waals surface area contributed by atoms with E-state index in [9.17, 15) is 9.59 Å². The highest BCUT2D eigenvalue weighted by atomic mass is 127. The van der Waals surface area contributed by atoms with Gasteiger partial charge in [0.25, 0.3) is 0 Å². The number of quaternary nitrogens is 1. The van der Waals surface area contributed by atoms with Crippen LogP contribution in [0.3, 0.4) is 0 Å². The number of methoxy groups -OCH3 is 1. The minimum Gasteiger partial charge on any atom is -1.00 e. The molecular weight excluding hydrogens is 645 g/mol. The van der Waals surface area contributed by atoms with Crippen molar-refractivity contribution in [3.63, 3.8) is 0 Å². The van der Waals surface area contributed by atoms with E-state index in [-0.39, 0.29) is 29.9 Å². The largest absolute Gasteiger partial charge is 1.00 e. The fourth-order valence-electron chi connectivity index (χ4n) is 4.29. The average molecular weight is 690 g/mol. The van der Waals surface area contributed by atoms with Gasteiger partial charge in [0.05, 0.1) is 47.9 Å². The van der Waals surface area contributed by atoms with Gasteiger partial charge in [-0.25, -0.2) is 4.79 Å². The van der Waals surface area contributed by atoms with E-state index >= 15 is 0 Å². The molecule has 0 spiro atoms. The molecule has 0 bridgehead atoms. The first-order valence-corrected chi connectivity index (χ1v) is 14.3. The standard InChI is InChI=1S/C34H44NO6.HI/c1-35(2,3)29-18-16-27(17-19-29)24-33(36)40-23-13-8-6-5-7-12-22-39-32-25-30(20-21-31(32)34(37)38-4)41-26-28-14-10-9-11-15-28;/h9-11,14-21,25H,5-8,12-13,22-24,26H2,1-4H3;1H/q+1;/p-1. The van der Waals surface area contributed by atoms with Crippen LogP contribution in [0.2, 0.25) is 0 Å². The Morgan fingerprint density at radius 1 is 0.714 bits per heavy atom. The van der Waals surface area contributed by atoms with Crippen LogP contribution in [0, 0.1) is 0 Å². The third-order valence-corrected chi connectivity index (χ3v) is 6.73. The highest BCUT2D eigenvalue weighted by Gasteiger charge is 2.15. The summed E-state index contributed by atoms with van der Waals surface area (Å²) in [7, 11) is 7.70. The monoisotopic (exact) mass is 689 g/mol. The molecule has 0 aliphatic heterocycles. The zero-order valence-corrected chi connectivity index (χ0v) is 27.4. The molecule has 3 aromatic rings. The molecule has 3 rings (SSSR count). The SMILES string of the molecule is COC(=O)c1ccc(OCc2ccccc2)cc1OCCCCCCCCOC(=O)Cc1ccc([N+](C)(C)C)cc1.[I-]. The molecule has 0 aromatic heterocycles. The van der Waals surface area contributed by atoms with Crippen LogP contribution in [0.25, 0.3) is 0 Å². The number of unbranched alkanes of at least 4 members (excludes halogenated alkanes) is 5. The van der Waals surface area contributed by atoms with Gasteiger partial charge in [-0.15, -0.1) is 0 Å². The zero-order valence-electron chi connectivity index (χ0n) is 25.3. The van der Waals surface area contributed by atoms with Crippen LogP contribution >= 0.6 is 0 Å². The van der Waals surface area contributed by atoms with E-state index < -0.39 is 5.97 Å². The van der Waals surface area contributed by atoms with E-state index in [1.165, 1.54) is 12.8 Å². The topological polar surface area (TPSA) is 71.1 Å². The number of carbonyl (C=O) groups excluding carboxylic acids is 2. The molecule has 228 valence electrons. The summed E-state index contributed by atoms with van der Waals surface area (Å²) in [6, 6.07) is 23.2. The van der Waals surface area contributed by atoms with Crippen LogP contribution in [0.1, 0.15) is 60.0 Å². The van der Waals surface area contributed by atoms with E-state index in [0.29, 0.717) is 43.3 Å². The average Bonchev–Trinajstić information content (AvgIpc) is 2.97. The van der Waals surface area contributed by atoms with Crippen LogP contribution in [-0.2, 0) is 27.3 Å². The number of hydrogen-bond acceptors (Lipinski definition) is 6. The maximum Gasteiger partial charge on any atom is 0.341 e. The number of benzene rings is 3. The molecule has 0 fully saturated rings. The molecular formula is C34H44INO6. The predicted octanol–water partition coefficient (Wildman–Crippen LogP) is 3.76. The fourth-order valence-corrected chi connectivity index (χ4v) is 4.29. The molecule has 0 amide bonds. The Morgan fingerprint density at radius 2 is 1.36 bits per heavy atom. The number of carbonyl (C=O) groups is 2. The zero-order chi connectivity index (χ0) is 29.5. The van der Waals surface area contributed by atoms with Gasteiger partial charge in [0, 0.05) is 6.07 Å². The lowest BCUT2D eigenvalue weighted by Gasteiger charge is -2.23. The van der Waals surface area contributed by atoms with Gasteiger partial charge in [-0.05, 0) is 48.2 Å². The Morgan fingerprint density at radius 3 is 2.00 bits per heavy atom. The van der Waals surface area contributed by atoms with Crippen LogP contribution < -0.4 is 37.9 Å². The molecule has 0 aliphatic rings. The molecule has 0 atom stereocenters. The summed E-state index contributed by atoms with van der Waals surface area (Å²) >= 11 is 0. The minimum absolute atomic E-state index is 0. The van der Waals surface area contributed by atoms with Gasteiger partial charge in [-0.1, -0.05) is 68.1 Å². The van der Waals surface area contributed by atoms with Crippen molar-refractivity contribution < 1.29 is 52.5 Å². The van der Waals surface area contributed by atoms with E-state index in [4.69, 9.17) is 18.9 Å². The van der Waals surface area contributed by atoms with Crippen molar-refractivity contribution in [2.45, 2.75) is 51.6 Å². The van der Waals surface area contributed by atoms with Crippen molar-refractivity contribution in [2.75, 3.05) is 41.5 Å². The van der Waals surface area contributed by atoms with Crippen molar-refractivity contribution in [1.82, 2.24) is 4.48 Å². The van der Waals surface area contributed by atoms with Crippen molar-refractivity contribution >= 4 is 17.6 Å². The number of halogens is 1. The minimum atomic E-state index is -0.437. The highest BCUT2D eigenvalue weighted by Crippen LogP contribution is 2.27. The van der Waals surface area contributed by atoms with Gasteiger partial charge in [-0.3, -0.25) is 9.28 Å². The number of nitrogens with zero attached hydrogens (tertiary/aromatic N) is 1. The normalized spacial score (nSPS) is 10.9. The Labute approximate surface area is 267 Å². The van der Waals surface area contributed by atoms with Crippen LogP contribution in [0.15, 0.2) is 72.8 Å². The van der Waals surface area contributed by atoms with Crippen LogP contribution in [-0.4, -0.2) is 53.4 Å². The molecule has 0 saturated heterocycles. The first-order chi connectivity index (χ1) is 19.8. The Kier molecular flexibility index (Phi) is 15.4. The third kappa shape index (κ3) is 12.4. The van der Waals surface area contributed by atoms with E-state index in [0.717, 1.165) is 54.1 Å². The fraction of sp³-hybridized carbons (Fsp3) is 0.412. The molecule has 3 aromatic carbocycles. The number of ether oxygens (including phenoxy) is 4. The van der Waals surface area contributed by atoms with E-state index in [1.54, 1.807) is 18.2 Å². The van der Waals surface area contributed by atoms with Gasteiger partial charge >= 0.3 is 11.9 Å². The Bertz CT molecular complexity index is 1230. The molecule has 42 heavy (non-hydrogen) atoms. The maximum atomic E-state index is 12.2. The summed E-state index contributed by atoms with van der Waals surface area (Å²) in [5, 5.41) is 0. The second kappa shape index (κ2) is 18.4. The van der Waals surface area contributed by atoms with Crippen molar-refractivity contribution in [1.29, 1.82) is 0 Å². The summed E-state index contributed by atoms with van der Waals surface area (Å²) in [5.41, 5.74) is 3.61. The summed E-state index contributed by atoms with van der Waals surface area (Å²) in [4.78, 5) is 24.3. The molecule has 8 heteroatoms. The lowest BCUT2D eigenvalue weighted by molar-refractivity contribution is -0.142. The van der Waals surface area contributed by atoms with E-state index in [1.807, 2.05) is 42.5 Å². The van der Waals surface area contributed by atoms with E-state index in [2.05, 4.69) is 33.3 Å². The van der Waals surface area contributed by atoms with Gasteiger partial charge in [0.15, 0.2) is 0 Å². The first-order valence-electron chi connectivity index (χ1n) is 14.3. The van der Waals surface area contributed by atoms with Crippen molar-refractivity contribution in [3.8, 4) is 11.5 Å². The van der Waals surface area contributed by atoms with Gasteiger partial charge in [0.2, 0.25) is 0 Å². The van der Waals surface area contributed by atoms with Crippen LogP contribution in [0.5, 0.6) is 11.5 Å². The molecule has 7 nitrogen and oxygen atoms in total. The summed E-state index contributed by atoms with van der Waals surface area (Å²) < 4.78 is 22.9. The molecule has 0 unspecified atom stereocenters. The van der Waals surface area contributed by atoms with Gasteiger partial charge in [0.1, 0.15) is 29.4 Å². The van der Waals surface area contributed by atoms with Gasteiger partial charge < -0.3 is 42.9 Å². The Balaban J connectivity index is 0.00000616. The summed E-state index contributed by atoms with van der Waals surface area (Å²) in [6.07, 6.45) is 6.20. The smallest absolute Gasteiger partial charge is 0.341 e. The molecule has 0 saturated carbocycles. The summed E-state index contributed by atoms with van der Waals surface area (Å²) in [5.74, 6) is 0.484. The lowest BCUT2D eigenvalue weighted by atomic mass is 10.1. The van der Waals surface area contributed by atoms with Gasteiger partial charge in [-0.2, -0.15) is 0 Å².